The number of aliphatic hydroxyl groups excluding tert-OH is 1. The number of nitro benzene ring substituents is 1. The van der Waals surface area contributed by atoms with Gasteiger partial charge in [0.15, 0.2) is 0 Å². The van der Waals surface area contributed by atoms with E-state index in [9.17, 15) is 10.1 Å². The molecule has 3 N–H and O–H groups in total. The molecule has 0 aliphatic heterocycles. The number of nitrogens with zero attached hydrogens (tertiary/aromatic N) is 1. The molecule has 1 aromatic carbocycles. The summed E-state index contributed by atoms with van der Waals surface area (Å²) in [5, 5.41) is 25.5. The summed E-state index contributed by atoms with van der Waals surface area (Å²) < 4.78 is 0. The molecule has 16 heavy (non-hydrogen) atoms. The van der Waals surface area contributed by atoms with Gasteiger partial charge in [-0.1, -0.05) is 6.07 Å². The molecule has 1 atom stereocenters. The number of nitrogens with one attached hydrogen (secondary N) is 2. The number of hydrogen-bond donors (Lipinski definition) is 3. The van der Waals surface area contributed by atoms with Crippen molar-refractivity contribution in [3.8, 4) is 0 Å². The van der Waals surface area contributed by atoms with E-state index in [2.05, 4.69) is 10.6 Å². The van der Waals surface area contributed by atoms with Crippen LogP contribution in [-0.2, 0) is 0 Å². The van der Waals surface area contributed by atoms with Crippen molar-refractivity contribution in [1.29, 1.82) is 0 Å². The number of rotatable bonds is 5. The number of anilines is 2. The van der Waals surface area contributed by atoms with Crippen molar-refractivity contribution in [1.82, 2.24) is 0 Å². The van der Waals surface area contributed by atoms with E-state index >= 15 is 0 Å². The van der Waals surface area contributed by atoms with Crippen molar-refractivity contribution in [3.05, 3.63) is 28.3 Å². The molecule has 6 heteroatoms. The lowest BCUT2D eigenvalue weighted by atomic mass is 10.2. The first-order chi connectivity index (χ1) is 7.60. The van der Waals surface area contributed by atoms with Crippen molar-refractivity contribution < 1.29 is 10.0 Å². The van der Waals surface area contributed by atoms with Gasteiger partial charge in [-0.15, -0.1) is 0 Å². The molecule has 0 heterocycles. The fourth-order valence-corrected chi connectivity index (χ4v) is 1.37. The molecule has 0 aliphatic rings. The third kappa shape index (κ3) is 2.60. The van der Waals surface area contributed by atoms with Crippen molar-refractivity contribution in [3.63, 3.8) is 0 Å². The molecule has 1 aromatic rings. The van der Waals surface area contributed by atoms with Crippen LogP contribution in [0.5, 0.6) is 0 Å². The highest BCUT2D eigenvalue weighted by atomic mass is 16.6. The molecular weight excluding hydrogens is 210 g/mol. The van der Waals surface area contributed by atoms with Gasteiger partial charge in [-0.25, -0.2) is 0 Å². The first-order valence-corrected chi connectivity index (χ1v) is 4.92. The maximum absolute atomic E-state index is 10.9. The maximum Gasteiger partial charge on any atom is 0.315 e. The number of para-hydroxylation sites is 1. The summed E-state index contributed by atoms with van der Waals surface area (Å²) in [6.07, 6.45) is 0. The largest absolute Gasteiger partial charge is 0.394 e. The number of benzene rings is 1. The third-order valence-electron chi connectivity index (χ3n) is 2.16. The highest BCUT2D eigenvalue weighted by Gasteiger charge is 2.19. The third-order valence-corrected chi connectivity index (χ3v) is 2.16. The Balaban J connectivity index is 3.12. The highest BCUT2D eigenvalue weighted by molar-refractivity contribution is 5.76. The molecule has 0 spiro atoms. The van der Waals surface area contributed by atoms with E-state index in [-0.39, 0.29) is 18.3 Å². The van der Waals surface area contributed by atoms with E-state index in [4.69, 9.17) is 5.11 Å². The van der Waals surface area contributed by atoms with Crippen LogP contribution in [0.1, 0.15) is 6.92 Å². The van der Waals surface area contributed by atoms with Crippen LogP contribution in [0.2, 0.25) is 0 Å². The second kappa shape index (κ2) is 5.32. The minimum Gasteiger partial charge on any atom is -0.394 e. The molecule has 0 amide bonds. The molecule has 88 valence electrons. The number of nitro groups is 1. The van der Waals surface area contributed by atoms with E-state index in [1.165, 1.54) is 0 Å². The van der Waals surface area contributed by atoms with E-state index in [0.29, 0.717) is 11.4 Å². The van der Waals surface area contributed by atoms with Gasteiger partial charge in [-0.3, -0.25) is 10.1 Å². The molecule has 1 rings (SSSR count). The van der Waals surface area contributed by atoms with Gasteiger partial charge < -0.3 is 15.7 Å². The van der Waals surface area contributed by atoms with Crippen molar-refractivity contribution in [2.45, 2.75) is 13.0 Å². The molecule has 0 saturated carbocycles. The Labute approximate surface area is 93.4 Å². The number of hydrogen-bond acceptors (Lipinski definition) is 5. The highest BCUT2D eigenvalue weighted by Crippen LogP contribution is 2.32. The van der Waals surface area contributed by atoms with Gasteiger partial charge in [0.05, 0.1) is 11.5 Å². The topological polar surface area (TPSA) is 87.4 Å². The van der Waals surface area contributed by atoms with Crippen molar-refractivity contribution in [2.24, 2.45) is 0 Å². The van der Waals surface area contributed by atoms with Gasteiger partial charge in [-0.2, -0.15) is 0 Å². The van der Waals surface area contributed by atoms with Crippen molar-refractivity contribution in [2.75, 3.05) is 24.3 Å². The summed E-state index contributed by atoms with van der Waals surface area (Å²) in [6.45, 7) is 1.66. The SMILES string of the molecule is CNc1cccc(NC(C)CO)c1[N+](=O)[O-]. The Bertz CT molecular complexity index is 382. The van der Waals surface area contributed by atoms with Crippen LogP contribution in [0.3, 0.4) is 0 Å². The average Bonchev–Trinajstić information content (AvgIpc) is 2.28. The van der Waals surface area contributed by atoms with Crippen LogP contribution < -0.4 is 10.6 Å². The summed E-state index contributed by atoms with van der Waals surface area (Å²) in [6, 6.07) is 4.73. The molecule has 0 bridgehead atoms. The molecule has 0 aromatic heterocycles. The minimum atomic E-state index is -0.446. The molecule has 0 fully saturated rings. The second-order valence-electron chi connectivity index (χ2n) is 3.44. The molecular formula is C10H15N3O3. The Hall–Kier alpha value is -1.82. The van der Waals surface area contributed by atoms with Gasteiger partial charge in [0.2, 0.25) is 0 Å². The Morgan fingerprint density at radius 2 is 2.12 bits per heavy atom. The minimum absolute atomic E-state index is 0.00898. The zero-order valence-corrected chi connectivity index (χ0v) is 9.23. The second-order valence-corrected chi connectivity index (χ2v) is 3.44. The van der Waals surface area contributed by atoms with E-state index in [1.807, 2.05) is 0 Å². The molecule has 0 saturated heterocycles. The first-order valence-electron chi connectivity index (χ1n) is 4.92. The summed E-state index contributed by atoms with van der Waals surface area (Å²) in [5.74, 6) is 0. The Morgan fingerprint density at radius 3 is 2.62 bits per heavy atom. The fraction of sp³-hybridized carbons (Fsp3) is 0.400. The van der Waals surface area contributed by atoms with Crippen LogP contribution >= 0.6 is 0 Å². The zero-order valence-electron chi connectivity index (χ0n) is 9.23. The lowest BCUT2D eigenvalue weighted by Crippen LogP contribution is -2.20. The van der Waals surface area contributed by atoms with Crippen LogP contribution in [0.25, 0.3) is 0 Å². The fourth-order valence-electron chi connectivity index (χ4n) is 1.37. The van der Waals surface area contributed by atoms with E-state index in [0.717, 1.165) is 0 Å². The lowest BCUT2D eigenvalue weighted by molar-refractivity contribution is -0.383. The first kappa shape index (κ1) is 12.3. The van der Waals surface area contributed by atoms with Crippen LogP contribution in [0.4, 0.5) is 17.1 Å². The smallest absolute Gasteiger partial charge is 0.315 e. The van der Waals surface area contributed by atoms with Crippen LogP contribution in [-0.4, -0.2) is 29.7 Å². The van der Waals surface area contributed by atoms with Gasteiger partial charge in [0, 0.05) is 13.1 Å². The summed E-state index contributed by atoms with van der Waals surface area (Å²) in [5.41, 5.74) is 0.837. The Morgan fingerprint density at radius 1 is 1.50 bits per heavy atom. The molecule has 6 nitrogen and oxygen atoms in total. The maximum atomic E-state index is 10.9. The van der Waals surface area contributed by atoms with Crippen molar-refractivity contribution >= 4 is 17.1 Å². The van der Waals surface area contributed by atoms with Gasteiger partial charge in [0.1, 0.15) is 11.4 Å². The number of aliphatic hydroxyl groups is 1. The van der Waals surface area contributed by atoms with Crippen LogP contribution in [0.15, 0.2) is 18.2 Å². The molecule has 0 aliphatic carbocycles. The van der Waals surface area contributed by atoms with Gasteiger partial charge >= 0.3 is 5.69 Å². The predicted octanol–water partition coefficient (Wildman–Crippen LogP) is 1.43. The monoisotopic (exact) mass is 225 g/mol. The summed E-state index contributed by atoms with van der Waals surface area (Å²) in [7, 11) is 1.63. The van der Waals surface area contributed by atoms with Gasteiger partial charge in [0.25, 0.3) is 0 Å². The molecule has 0 radical (unpaired) electrons. The summed E-state index contributed by atoms with van der Waals surface area (Å²) >= 11 is 0. The standard InChI is InChI=1S/C10H15N3O3/c1-7(6-14)12-9-5-3-4-8(11-2)10(9)13(15)16/h3-5,7,11-12,14H,6H2,1-2H3. The van der Waals surface area contributed by atoms with Gasteiger partial charge in [-0.05, 0) is 19.1 Å². The Kier molecular flexibility index (Phi) is 4.07. The zero-order chi connectivity index (χ0) is 12.1. The normalized spacial score (nSPS) is 11.9. The van der Waals surface area contributed by atoms with E-state index in [1.54, 1.807) is 32.2 Å². The quantitative estimate of drug-likeness (QED) is 0.521. The summed E-state index contributed by atoms with van der Waals surface area (Å²) in [4.78, 5) is 10.5. The average molecular weight is 225 g/mol. The van der Waals surface area contributed by atoms with Crippen LogP contribution in [0, 0.1) is 10.1 Å². The van der Waals surface area contributed by atoms with E-state index < -0.39 is 4.92 Å². The lowest BCUT2D eigenvalue weighted by Gasteiger charge is -2.13. The molecule has 1 unspecified atom stereocenters. The predicted molar refractivity (Wildman–Crippen MR) is 62.8 cm³/mol.